The van der Waals surface area contributed by atoms with Gasteiger partial charge < -0.3 is 10.2 Å². The number of thiazole rings is 1. The third-order valence-electron chi connectivity index (χ3n) is 4.22. The molecule has 6 nitrogen and oxygen atoms in total. The molecule has 3 aromatic rings. The Hall–Kier alpha value is -2.81. The van der Waals surface area contributed by atoms with Gasteiger partial charge in [-0.1, -0.05) is 23.5 Å². The largest absolute Gasteiger partial charge is 0.378 e. The SMILES string of the molecule is Cc1nc(NC(=O)CCc2ccc(N(C)C)cc2)sc1-c1nccn1C(F)F. The summed E-state index contributed by atoms with van der Waals surface area (Å²) in [5.74, 6) is -0.0272. The predicted molar refractivity (Wildman–Crippen MR) is 107 cm³/mol. The molecular formula is C19H21F2N5OS. The van der Waals surface area contributed by atoms with Crippen LogP contribution in [0.5, 0.6) is 0 Å². The number of hydrogen-bond donors (Lipinski definition) is 1. The minimum absolute atomic E-state index is 0.145. The zero-order valence-corrected chi connectivity index (χ0v) is 16.6. The lowest BCUT2D eigenvalue weighted by Crippen LogP contribution is -2.12. The van der Waals surface area contributed by atoms with E-state index in [9.17, 15) is 13.6 Å². The molecule has 2 aromatic heterocycles. The molecule has 0 saturated heterocycles. The molecule has 0 saturated carbocycles. The second-order valence-corrected chi connectivity index (χ2v) is 7.48. The van der Waals surface area contributed by atoms with E-state index in [1.165, 1.54) is 12.4 Å². The lowest BCUT2D eigenvalue weighted by molar-refractivity contribution is -0.116. The molecule has 28 heavy (non-hydrogen) atoms. The van der Waals surface area contributed by atoms with Crippen LogP contribution in [0.15, 0.2) is 36.7 Å². The lowest BCUT2D eigenvalue weighted by Gasteiger charge is -2.12. The summed E-state index contributed by atoms with van der Waals surface area (Å²) in [6.45, 7) is -0.978. The highest BCUT2D eigenvalue weighted by Crippen LogP contribution is 2.33. The second-order valence-electron chi connectivity index (χ2n) is 6.48. The number of nitrogens with one attached hydrogen (secondary N) is 1. The number of amides is 1. The van der Waals surface area contributed by atoms with Gasteiger partial charge in [0.15, 0.2) is 11.0 Å². The molecule has 0 atom stereocenters. The Labute approximate surface area is 165 Å². The topological polar surface area (TPSA) is 63.1 Å². The molecule has 0 radical (unpaired) electrons. The van der Waals surface area contributed by atoms with Crippen molar-refractivity contribution in [3.63, 3.8) is 0 Å². The van der Waals surface area contributed by atoms with Crippen LogP contribution >= 0.6 is 11.3 Å². The molecule has 0 aliphatic heterocycles. The zero-order valence-electron chi connectivity index (χ0n) is 15.8. The quantitative estimate of drug-likeness (QED) is 0.635. The van der Waals surface area contributed by atoms with Crippen molar-refractivity contribution >= 4 is 28.1 Å². The normalized spacial score (nSPS) is 11.1. The number of aromatic nitrogens is 3. The number of carbonyl (C=O) groups is 1. The molecule has 3 rings (SSSR count). The van der Waals surface area contributed by atoms with Crippen LogP contribution in [-0.4, -0.2) is 34.5 Å². The third-order valence-corrected chi connectivity index (χ3v) is 5.29. The fourth-order valence-electron chi connectivity index (χ4n) is 2.70. The smallest absolute Gasteiger partial charge is 0.320 e. The predicted octanol–water partition coefficient (Wildman–Crippen LogP) is 4.35. The van der Waals surface area contributed by atoms with E-state index in [-0.39, 0.29) is 11.7 Å². The van der Waals surface area contributed by atoms with Gasteiger partial charge in [-0.25, -0.2) is 9.97 Å². The molecule has 1 N–H and O–H groups in total. The molecule has 1 amide bonds. The van der Waals surface area contributed by atoms with E-state index in [0.29, 0.717) is 28.5 Å². The number of aryl methyl sites for hydroxylation is 2. The van der Waals surface area contributed by atoms with Crippen LogP contribution in [0.3, 0.4) is 0 Å². The minimum Gasteiger partial charge on any atom is -0.378 e. The second kappa shape index (κ2) is 8.47. The maximum absolute atomic E-state index is 13.1. The van der Waals surface area contributed by atoms with Gasteiger partial charge in [-0.3, -0.25) is 9.36 Å². The van der Waals surface area contributed by atoms with E-state index in [1.807, 2.05) is 43.3 Å². The number of carbonyl (C=O) groups excluding carboxylic acids is 1. The molecule has 2 heterocycles. The van der Waals surface area contributed by atoms with Crippen LogP contribution in [0.25, 0.3) is 10.7 Å². The molecule has 148 valence electrons. The monoisotopic (exact) mass is 405 g/mol. The van der Waals surface area contributed by atoms with E-state index in [1.54, 1.807) is 6.92 Å². The maximum atomic E-state index is 13.1. The number of anilines is 2. The van der Waals surface area contributed by atoms with Gasteiger partial charge in [0, 0.05) is 38.6 Å². The summed E-state index contributed by atoms with van der Waals surface area (Å²) in [6.07, 6.45) is 3.45. The summed E-state index contributed by atoms with van der Waals surface area (Å²) in [7, 11) is 3.95. The maximum Gasteiger partial charge on any atom is 0.320 e. The van der Waals surface area contributed by atoms with Crippen molar-refractivity contribution in [1.29, 1.82) is 0 Å². The average molecular weight is 405 g/mol. The van der Waals surface area contributed by atoms with Crippen molar-refractivity contribution in [2.24, 2.45) is 0 Å². The highest BCUT2D eigenvalue weighted by atomic mass is 32.1. The lowest BCUT2D eigenvalue weighted by atomic mass is 10.1. The fourth-order valence-corrected chi connectivity index (χ4v) is 3.69. The summed E-state index contributed by atoms with van der Waals surface area (Å²) in [4.78, 5) is 23.0. The summed E-state index contributed by atoms with van der Waals surface area (Å²) >= 11 is 1.14. The molecule has 1 aromatic carbocycles. The van der Waals surface area contributed by atoms with E-state index >= 15 is 0 Å². The van der Waals surface area contributed by atoms with E-state index in [0.717, 1.165) is 27.2 Å². The van der Waals surface area contributed by atoms with Gasteiger partial charge in [0.05, 0.1) is 10.6 Å². The van der Waals surface area contributed by atoms with Crippen molar-refractivity contribution in [2.75, 3.05) is 24.3 Å². The van der Waals surface area contributed by atoms with Crippen LogP contribution in [-0.2, 0) is 11.2 Å². The summed E-state index contributed by atoms with van der Waals surface area (Å²) in [6, 6.07) is 8.01. The van der Waals surface area contributed by atoms with Gasteiger partial charge in [-0.15, -0.1) is 0 Å². The molecular weight excluding hydrogens is 384 g/mol. The van der Waals surface area contributed by atoms with Crippen LogP contribution in [0.2, 0.25) is 0 Å². The zero-order chi connectivity index (χ0) is 20.3. The van der Waals surface area contributed by atoms with Crippen molar-refractivity contribution < 1.29 is 13.6 Å². The first-order chi connectivity index (χ1) is 13.3. The molecule has 9 heteroatoms. The third kappa shape index (κ3) is 4.53. The van der Waals surface area contributed by atoms with Crippen LogP contribution < -0.4 is 10.2 Å². The van der Waals surface area contributed by atoms with Gasteiger partial charge in [0.25, 0.3) is 0 Å². The number of nitrogens with zero attached hydrogens (tertiary/aromatic N) is 4. The first-order valence-electron chi connectivity index (χ1n) is 8.70. The van der Waals surface area contributed by atoms with Gasteiger partial charge in [0.1, 0.15) is 0 Å². The minimum atomic E-state index is -2.68. The average Bonchev–Trinajstić information content (AvgIpc) is 3.26. The fraction of sp³-hybridized carbons (Fsp3) is 0.316. The van der Waals surface area contributed by atoms with Crippen molar-refractivity contribution in [1.82, 2.24) is 14.5 Å². The van der Waals surface area contributed by atoms with Gasteiger partial charge in [-0.2, -0.15) is 8.78 Å². The van der Waals surface area contributed by atoms with Crippen LogP contribution in [0.4, 0.5) is 19.6 Å². The molecule has 0 aliphatic carbocycles. The number of alkyl halides is 2. The van der Waals surface area contributed by atoms with Crippen LogP contribution in [0.1, 0.15) is 24.2 Å². The Morgan fingerprint density at radius 2 is 2.00 bits per heavy atom. The Kier molecular flexibility index (Phi) is 6.03. The molecule has 0 bridgehead atoms. The summed E-state index contributed by atoms with van der Waals surface area (Å²) in [5.41, 5.74) is 2.71. The van der Waals surface area contributed by atoms with Crippen molar-refractivity contribution in [3.05, 3.63) is 47.9 Å². The molecule has 0 aliphatic rings. The number of hydrogen-bond acceptors (Lipinski definition) is 5. The highest BCUT2D eigenvalue weighted by Gasteiger charge is 2.19. The summed E-state index contributed by atoms with van der Waals surface area (Å²) < 4.78 is 26.9. The Bertz CT molecular complexity index is 950. The van der Waals surface area contributed by atoms with Crippen molar-refractivity contribution in [3.8, 4) is 10.7 Å². The first-order valence-corrected chi connectivity index (χ1v) is 9.51. The number of halogens is 2. The standard InChI is InChI=1S/C19H21F2N5OS/c1-12-16(17-22-10-11-26(17)18(20)21)28-19(23-12)24-15(27)9-6-13-4-7-14(8-5-13)25(2)3/h4-5,7-8,10-11,18H,6,9H2,1-3H3,(H,23,24,27). The highest BCUT2D eigenvalue weighted by molar-refractivity contribution is 7.19. The van der Waals surface area contributed by atoms with E-state index in [4.69, 9.17) is 0 Å². The molecule has 0 unspecified atom stereocenters. The van der Waals surface area contributed by atoms with Crippen LogP contribution in [0, 0.1) is 6.92 Å². The number of benzene rings is 1. The van der Waals surface area contributed by atoms with Gasteiger partial charge >= 0.3 is 6.55 Å². The van der Waals surface area contributed by atoms with E-state index in [2.05, 4.69) is 15.3 Å². The van der Waals surface area contributed by atoms with Crippen molar-refractivity contribution in [2.45, 2.75) is 26.3 Å². The van der Waals surface area contributed by atoms with Gasteiger partial charge in [0.2, 0.25) is 5.91 Å². The summed E-state index contributed by atoms with van der Waals surface area (Å²) in [5, 5.41) is 3.13. The Balaban J connectivity index is 1.62. The Morgan fingerprint density at radius 1 is 1.29 bits per heavy atom. The number of rotatable bonds is 7. The molecule has 0 fully saturated rings. The van der Waals surface area contributed by atoms with Gasteiger partial charge in [-0.05, 0) is 31.0 Å². The van der Waals surface area contributed by atoms with E-state index < -0.39 is 6.55 Å². The molecule has 0 spiro atoms. The Morgan fingerprint density at radius 3 is 2.64 bits per heavy atom. The number of imidazole rings is 1. The first kappa shape index (κ1) is 19.9.